The molecule has 8 heteroatoms. The van der Waals surface area contributed by atoms with Crippen LogP contribution in [0, 0.1) is 0 Å². The van der Waals surface area contributed by atoms with Gasteiger partial charge in [0.1, 0.15) is 0 Å². The average Bonchev–Trinajstić information content (AvgIpc) is 3.15. The molecule has 156 valence electrons. The van der Waals surface area contributed by atoms with Gasteiger partial charge in [-0.05, 0) is 30.5 Å². The van der Waals surface area contributed by atoms with E-state index in [4.69, 9.17) is 5.73 Å². The summed E-state index contributed by atoms with van der Waals surface area (Å²) < 4.78 is 1.99. The number of nitrogens with one attached hydrogen (secondary N) is 1. The fraction of sp³-hybridized carbons (Fsp3) is 0.273. The van der Waals surface area contributed by atoms with Crippen LogP contribution in [0.25, 0.3) is 11.4 Å². The predicted octanol–water partition coefficient (Wildman–Crippen LogP) is 3.92. The number of nitrogens with two attached hydrogens (primary N) is 1. The lowest BCUT2D eigenvalue weighted by molar-refractivity contribution is -0.113. The zero-order valence-electron chi connectivity index (χ0n) is 17.3. The van der Waals surface area contributed by atoms with Gasteiger partial charge in [-0.15, -0.1) is 10.2 Å². The van der Waals surface area contributed by atoms with Crippen LogP contribution in [0.5, 0.6) is 0 Å². The fourth-order valence-corrected chi connectivity index (χ4v) is 3.84. The topological polar surface area (TPSA) is 103 Å². The number of hydrogen-bond acceptors (Lipinski definition) is 5. The fourth-order valence-electron chi connectivity index (χ4n) is 3.03. The van der Waals surface area contributed by atoms with Crippen molar-refractivity contribution < 1.29 is 9.59 Å². The number of anilines is 1. The maximum Gasteiger partial charge on any atom is 0.250 e. The highest BCUT2D eigenvalue weighted by atomic mass is 32.2. The number of rotatable bonds is 8. The molecule has 0 atom stereocenters. The molecule has 3 aromatic rings. The Morgan fingerprint density at radius 2 is 1.80 bits per heavy atom. The van der Waals surface area contributed by atoms with Gasteiger partial charge in [-0.3, -0.25) is 9.59 Å². The molecule has 1 aromatic heterocycles. The molecule has 0 spiro atoms. The molecule has 2 amide bonds. The maximum atomic E-state index is 12.4. The lowest BCUT2D eigenvalue weighted by Gasteiger charge is -2.10. The summed E-state index contributed by atoms with van der Waals surface area (Å²) in [7, 11) is 0. The van der Waals surface area contributed by atoms with E-state index in [0.717, 1.165) is 11.4 Å². The molecule has 0 aliphatic rings. The number of para-hydroxylation sites is 1. The summed E-state index contributed by atoms with van der Waals surface area (Å²) in [5, 5.41) is 12.0. The minimum absolute atomic E-state index is 0.136. The molecule has 30 heavy (non-hydrogen) atoms. The first-order valence-corrected chi connectivity index (χ1v) is 10.7. The van der Waals surface area contributed by atoms with E-state index in [0.29, 0.717) is 23.3 Å². The van der Waals surface area contributed by atoms with Crippen LogP contribution in [0.2, 0.25) is 0 Å². The second kappa shape index (κ2) is 9.58. The van der Waals surface area contributed by atoms with Crippen LogP contribution in [0.15, 0.2) is 53.7 Å². The minimum Gasteiger partial charge on any atom is -0.366 e. The van der Waals surface area contributed by atoms with E-state index in [1.54, 1.807) is 24.3 Å². The van der Waals surface area contributed by atoms with Crippen LogP contribution in [0.4, 0.5) is 5.69 Å². The van der Waals surface area contributed by atoms with E-state index < -0.39 is 5.91 Å². The zero-order chi connectivity index (χ0) is 21.7. The molecule has 1 heterocycles. The molecule has 0 aliphatic heterocycles. The van der Waals surface area contributed by atoms with Crippen molar-refractivity contribution in [1.29, 1.82) is 0 Å². The lowest BCUT2D eigenvalue weighted by Crippen LogP contribution is -2.19. The van der Waals surface area contributed by atoms with Crippen LogP contribution >= 0.6 is 11.8 Å². The van der Waals surface area contributed by atoms with Crippen molar-refractivity contribution >= 4 is 29.3 Å². The molecule has 0 unspecified atom stereocenters. The quantitative estimate of drug-likeness (QED) is 0.535. The first-order valence-electron chi connectivity index (χ1n) is 9.75. The largest absolute Gasteiger partial charge is 0.366 e. The highest BCUT2D eigenvalue weighted by Gasteiger charge is 2.16. The van der Waals surface area contributed by atoms with Gasteiger partial charge in [0.25, 0.3) is 5.91 Å². The SMILES string of the molecule is CCn1c(SCC(=O)Nc2ccccc2C(N)=O)nnc1-c1ccc(C(C)C)cc1. The molecule has 0 saturated heterocycles. The molecule has 3 N–H and O–H groups in total. The highest BCUT2D eigenvalue weighted by Crippen LogP contribution is 2.26. The number of hydrogen-bond donors (Lipinski definition) is 2. The van der Waals surface area contributed by atoms with Crippen molar-refractivity contribution in [3.05, 3.63) is 59.7 Å². The second-order valence-electron chi connectivity index (χ2n) is 7.07. The Balaban J connectivity index is 1.70. The summed E-state index contributed by atoms with van der Waals surface area (Å²) in [6.07, 6.45) is 0. The van der Waals surface area contributed by atoms with Crippen LogP contribution in [0.3, 0.4) is 0 Å². The molecular weight excluding hydrogens is 398 g/mol. The van der Waals surface area contributed by atoms with Gasteiger partial charge in [-0.25, -0.2) is 0 Å². The molecular formula is C22H25N5O2S. The van der Waals surface area contributed by atoms with Crippen molar-refractivity contribution in [2.45, 2.75) is 38.4 Å². The Morgan fingerprint density at radius 3 is 2.43 bits per heavy atom. The molecule has 2 aromatic carbocycles. The number of carbonyl (C=O) groups excluding carboxylic acids is 2. The number of aromatic nitrogens is 3. The summed E-state index contributed by atoms with van der Waals surface area (Å²) in [4.78, 5) is 23.9. The third kappa shape index (κ3) is 4.88. The first-order chi connectivity index (χ1) is 14.4. The third-order valence-electron chi connectivity index (χ3n) is 4.67. The Labute approximate surface area is 180 Å². The number of primary amides is 1. The van der Waals surface area contributed by atoms with Gasteiger partial charge in [-0.2, -0.15) is 0 Å². The first kappa shape index (κ1) is 21.6. The molecule has 0 aliphatic carbocycles. The molecule has 0 fully saturated rings. The minimum atomic E-state index is -0.586. The molecule has 0 radical (unpaired) electrons. The summed E-state index contributed by atoms with van der Waals surface area (Å²) in [5.41, 5.74) is 8.29. The normalized spacial score (nSPS) is 10.9. The summed E-state index contributed by atoms with van der Waals surface area (Å²) in [6, 6.07) is 15.0. The van der Waals surface area contributed by atoms with E-state index in [-0.39, 0.29) is 17.2 Å². The van der Waals surface area contributed by atoms with Crippen LogP contribution in [-0.2, 0) is 11.3 Å². The molecule has 3 rings (SSSR count). The lowest BCUT2D eigenvalue weighted by atomic mass is 10.0. The van der Waals surface area contributed by atoms with E-state index in [1.165, 1.54) is 17.3 Å². The number of carbonyl (C=O) groups is 2. The maximum absolute atomic E-state index is 12.4. The van der Waals surface area contributed by atoms with Crippen molar-refractivity contribution in [1.82, 2.24) is 14.8 Å². The summed E-state index contributed by atoms with van der Waals surface area (Å²) in [6.45, 7) is 7.02. The summed E-state index contributed by atoms with van der Waals surface area (Å²) in [5.74, 6) is 0.541. The van der Waals surface area contributed by atoms with E-state index >= 15 is 0 Å². The van der Waals surface area contributed by atoms with Gasteiger partial charge >= 0.3 is 0 Å². The molecule has 7 nitrogen and oxygen atoms in total. The third-order valence-corrected chi connectivity index (χ3v) is 5.63. The smallest absolute Gasteiger partial charge is 0.250 e. The van der Waals surface area contributed by atoms with Gasteiger partial charge in [0.05, 0.1) is 17.0 Å². The van der Waals surface area contributed by atoms with E-state index in [1.807, 2.05) is 23.6 Å². The predicted molar refractivity (Wildman–Crippen MR) is 120 cm³/mol. The van der Waals surface area contributed by atoms with Gasteiger partial charge < -0.3 is 15.6 Å². The Kier molecular flexibility index (Phi) is 6.89. The Morgan fingerprint density at radius 1 is 1.10 bits per heavy atom. The molecule has 0 saturated carbocycles. The van der Waals surface area contributed by atoms with Crippen LogP contribution in [0.1, 0.15) is 42.6 Å². The monoisotopic (exact) mass is 423 g/mol. The van der Waals surface area contributed by atoms with Gasteiger partial charge in [0.15, 0.2) is 11.0 Å². The van der Waals surface area contributed by atoms with Crippen molar-refractivity contribution in [2.24, 2.45) is 5.73 Å². The van der Waals surface area contributed by atoms with Gasteiger partial charge in [0.2, 0.25) is 5.91 Å². The van der Waals surface area contributed by atoms with Gasteiger partial charge in [0, 0.05) is 12.1 Å². The Bertz CT molecular complexity index is 1040. The van der Waals surface area contributed by atoms with Crippen molar-refractivity contribution in [3.8, 4) is 11.4 Å². The Hall–Kier alpha value is -3.13. The number of nitrogens with zero attached hydrogens (tertiary/aromatic N) is 3. The van der Waals surface area contributed by atoms with Crippen molar-refractivity contribution in [2.75, 3.05) is 11.1 Å². The standard InChI is InChI=1S/C22H25N5O2S/c1-4-27-21(16-11-9-15(10-12-16)14(2)3)25-26-22(27)30-13-19(28)24-18-8-6-5-7-17(18)20(23)29/h5-12,14H,4,13H2,1-3H3,(H2,23,29)(H,24,28). The van der Waals surface area contributed by atoms with E-state index in [9.17, 15) is 9.59 Å². The highest BCUT2D eigenvalue weighted by molar-refractivity contribution is 7.99. The summed E-state index contributed by atoms with van der Waals surface area (Å²) >= 11 is 1.30. The van der Waals surface area contributed by atoms with Crippen molar-refractivity contribution in [3.63, 3.8) is 0 Å². The zero-order valence-corrected chi connectivity index (χ0v) is 18.1. The number of thioether (sulfide) groups is 1. The number of benzene rings is 2. The van der Waals surface area contributed by atoms with Gasteiger partial charge in [-0.1, -0.05) is 62.0 Å². The van der Waals surface area contributed by atoms with E-state index in [2.05, 4.69) is 41.5 Å². The molecule has 0 bridgehead atoms. The number of amides is 2. The van der Waals surface area contributed by atoms with Crippen LogP contribution < -0.4 is 11.1 Å². The van der Waals surface area contributed by atoms with Crippen LogP contribution in [-0.4, -0.2) is 32.3 Å². The second-order valence-corrected chi connectivity index (χ2v) is 8.02. The average molecular weight is 424 g/mol.